The number of rotatable bonds is 13. The van der Waals surface area contributed by atoms with Gasteiger partial charge in [-0.05, 0) is 22.3 Å². The molecular formula is C34H36O6. The van der Waals surface area contributed by atoms with E-state index in [0.29, 0.717) is 26.4 Å². The van der Waals surface area contributed by atoms with Crippen LogP contribution in [0, 0.1) is 0 Å². The minimum atomic E-state index is -1.22. The summed E-state index contributed by atoms with van der Waals surface area (Å²) in [6, 6.07) is 39.7. The summed E-state index contributed by atoms with van der Waals surface area (Å²) >= 11 is 0. The zero-order chi connectivity index (χ0) is 27.4. The average molecular weight is 541 g/mol. The molecule has 1 aliphatic heterocycles. The molecule has 0 amide bonds. The van der Waals surface area contributed by atoms with Crippen molar-refractivity contribution in [2.45, 2.75) is 57.1 Å². The zero-order valence-corrected chi connectivity index (χ0v) is 22.5. The van der Waals surface area contributed by atoms with Gasteiger partial charge in [-0.1, -0.05) is 121 Å². The smallest absolute Gasteiger partial charge is 0.184 e. The van der Waals surface area contributed by atoms with Gasteiger partial charge in [0.1, 0.15) is 24.4 Å². The molecule has 0 aromatic heterocycles. The number of ether oxygens (including phenoxy) is 5. The Morgan fingerprint density at radius 3 is 1.30 bits per heavy atom. The van der Waals surface area contributed by atoms with Crippen molar-refractivity contribution in [1.29, 1.82) is 0 Å². The third kappa shape index (κ3) is 8.08. The molecule has 1 saturated heterocycles. The van der Waals surface area contributed by atoms with Gasteiger partial charge in [0.15, 0.2) is 6.29 Å². The van der Waals surface area contributed by atoms with Gasteiger partial charge in [-0.15, -0.1) is 0 Å². The van der Waals surface area contributed by atoms with Gasteiger partial charge in [0.25, 0.3) is 0 Å². The quantitative estimate of drug-likeness (QED) is 0.236. The van der Waals surface area contributed by atoms with E-state index in [1.54, 1.807) is 0 Å². The van der Waals surface area contributed by atoms with Crippen LogP contribution in [0.5, 0.6) is 0 Å². The van der Waals surface area contributed by atoms with Crippen molar-refractivity contribution >= 4 is 0 Å². The maximum Gasteiger partial charge on any atom is 0.184 e. The Morgan fingerprint density at radius 2 is 0.850 bits per heavy atom. The summed E-state index contributed by atoms with van der Waals surface area (Å²) in [4.78, 5) is 0. The summed E-state index contributed by atoms with van der Waals surface area (Å²) in [6.45, 7) is 1.65. The Kier molecular flexibility index (Phi) is 10.5. The molecule has 5 rings (SSSR count). The minimum Gasteiger partial charge on any atom is -0.374 e. The zero-order valence-electron chi connectivity index (χ0n) is 22.5. The Balaban J connectivity index is 1.36. The molecule has 0 spiro atoms. The van der Waals surface area contributed by atoms with Gasteiger partial charge in [0.05, 0.1) is 33.0 Å². The third-order valence-corrected chi connectivity index (χ3v) is 6.86. The van der Waals surface area contributed by atoms with Crippen molar-refractivity contribution in [2.24, 2.45) is 0 Å². The second-order valence-corrected chi connectivity index (χ2v) is 9.85. The van der Waals surface area contributed by atoms with E-state index in [-0.39, 0.29) is 6.61 Å². The summed E-state index contributed by atoms with van der Waals surface area (Å²) < 4.78 is 31.4. The van der Waals surface area contributed by atoms with E-state index in [1.165, 1.54) is 0 Å². The van der Waals surface area contributed by atoms with E-state index in [9.17, 15) is 5.11 Å². The SMILES string of the molecule is O[C@@H]1O[C@@H](COCc2ccccc2)[C@@H](OCc2ccccc2)[C@H](OCc2ccccc2)[C@@H]1OCc1ccccc1. The lowest BCUT2D eigenvalue weighted by Crippen LogP contribution is -2.61. The van der Waals surface area contributed by atoms with Crippen LogP contribution < -0.4 is 0 Å². The van der Waals surface area contributed by atoms with Crippen LogP contribution in [0.2, 0.25) is 0 Å². The van der Waals surface area contributed by atoms with E-state index < -0.39 is 30.7 Å². The first-order chi connectivity index (χ1) is 19.8. The lowest BCUT2D eigenvalue weighted by molar-refractivity contribution is -0.317. The first-order valence-corrected chi connectivity index (χ1v) is 13.7. The molecule has 0 aliphatic carbocycles. The van der Waals surface area contributed by atoms with Gasteiger partial charge < -0.3 is 28.8 Å². The third-order valence-electron chi connectivity index (χ3n) is 6.86. The molecule has 208 valence electrons. The second-order valence-electron chi connectivity index (χ2n) is 9.85. The molecule has 5 atom stereocenters. The summed E-state index contributed by atoms with van der Waals surface area (Å²) in [5.41, 5.74) is 4.10. The summed E-state index contributed by atoms with van der Waals surface area (Å²) in [7, 11) is 0. The van der Waals surface area contributed by atoms with Crippen LogP contribution in [0.3, 0.4) is 0 Å². The van der Waals surface area contributed by atoms with E-state index in [0.717, 1.165) is 22.3 Å². The molecule has 4 aromatic rings. The topological polar surface area (TPSA) is 66.4 Å². The van der Waals surface area contributed by atoms with E-state index >= 15 is 0 Å². The largest absolute Gasteiger partial charge is 0.374 e. The Hall–Kier alpha value is -3.36. The Labute approximate surface area is 236 Å². The van der Waals surface area contributed by atoms with Gasteiger partial charge in [-0.2, -0.15) is 0 Å². The molecule has 0 unspecified atom stereocenters. The van der Waals surface area contributed by atoms with Crippen LogP contribution in [0.1, 0.15) is 22.3 Å². The fourth-order valence-electron chi connectivity index (χ4n) is 4.77. The molecular weight excluding hydrogens is 504 g/mol. The van der Waals surface area contributed by atoms with Crippen molar-refractivity contribution in [3.05, 3.63) is 144 Å². The number of aliphatic hydroxyl groups excluding tert-OH is 1. The molecule has 6 heteroatoms. The van der Waals surface area contributed by atoms with Crippen LogP contribution >= 0.6 is 0 Å². The van der Waals surface area contributed by atoms with Gasteiger partial charge in [0.2, 0.25) is 0 Å². The van der Waals surface area contributed by atoms with Gasteiger partial charge in [-0.3, -0.25) is 0 Å². The van der Waals surface area contributed by atoms with Crippen LogP contribution in [-0.2, 0) is 50.1 Å². The maximum atomic E-state index is 11.2. The fourth-order valence-corrected chi connectivity index (χ4v) is 4.77. The summed E-state index contributed by atoms with van der Waals surface area (Å²) in [5.74, 6) is 0. The first kappa shape index (κ1) is 28.2. The fraction of sp³-hybridized carbons (Fsp3) is 0.294. The summed E-state index contributed by atoms with van der Waals surface area (Å²) in [5, 5.41) is 11.2. The van der Waals surface area contributed by atoms with Crippen LogP contribution in [0.15, 0.2) is 121 Å². The molecule has 1 N–H and O–H groups in total. The summed E-state index contributed by atoms with van der Waals surface area (Å²) in [6.07, 6.45) is -3.72. The normalized spacial score (nSPS) is 22.7. The number of benzene rings is 4. The monoisotopic (exact) mass is 540 g/mol. The number of hydrogen-bond donors (Lipinski definition) is 1. The van der Waals surface area contributed by atoms with Gasteiger partial charge >= 0.3 is 0 Å². The van der Waals surface area contributed by atoms with Crippen molar-refractivity contribution in [3.63, 3.8) is 0 Å². The molecule has 1 heterocycles. The van der Waals surface area contributed by atoms with E-state index in [1.807, 2.05) is 121 Å². The van der Waals surface area contributed by atoms with Crippen LogP contribution in [0.25, 0.3) is 0 Å². The highest BCUT2D eigenvalue weighted by molar-refractivity contribution is 5.16. The number of hydrogen-bond acceptors (Lipinski definition) is 6. The molecule has 1 aliphatic rings. The lowest BCUT2D eigenvalue weighted by atomic mass is 9.98. The maximum absolute atomic E-state index is 11.2. The predicted octanol–water partition coefficient (Wildman–Crippen LogP) is 5.68. The van der Waals surface area contributed by atoms with Crippen LogP contribution in [0.4, 0.5) is 0 Å². The molecule has 4 aromatic carbocycles. The van der Waals surface area contributed by atoms with Gasteiger partial charge in [0, 0.05) is 0 Å². The molecule has 0 bridgehead atoms. The van der Waals surface area contributed by atoms with E-state index in [2.05, 4.69) is 0 Å². The lowest BCUT2D eigenvalue weighted by Gasteiger charge is -2.44. The van der Waals surface area contributed by atoms with Crippen molar-refractivity contribution in [2.75, 3.05) is 6.61 Å². The van der Waals surface area contributed by atoms with Crippen LogP contribution in [-0.4, -0.2) is 42.4 Å². The molecule has 1 fully saturated rings. The molecule has 0 saturated carbocycles. The first-order valence-electron chi connectivity index (χ1n) is 13.7. The Morgan fingerprint density at radius 1 is 0.475 bits per heavy atom. The van der Waals surface area contributed by atoms with Crippen molar-refractivity contribution in [3.8, 4) is 0 Å². The Bertz CT molecular complexity index is 1240. The highest BCUT2D eigenvalue weighted by atomic mass is 16.7. The highest BCUT2D eigenvalue weighted by Gasteiger charge is 2.48. The molecule has 40 heavy (non-hydrogen) atoms. The van der Waals surface area contributed by atoms with Crippen molar-refractivity contribution < 1.29 is 28.8 Å². The average Bonchev–Trinajstić information content (AvgIpc) is 3.01. The highest BCUT2D eigenvalue weighted by Crippen LogP contribution is 2.30. The molecule has 0 radical (unpaired) electrons. The predicted molar refractivity (Wildman–Crippen MR) is 152 cm³/mol. The van der Waals surface area contributed by atoms with E-state index in [4.69, 9.17) is 23.7 Å². The number of aliphatic hydroxyl groups is 1. The minimum absolute atomic E-state index is 0.224. The molecule has 6 nitrogen and oxygen atoms in total. The van der Waals surface area contributed by atoms with Gasteiger partial charge in [-0.25, -0.2) is 0 Å². The second kappa shape index (κ2) is 14.9. The van der Waals surface area contributed by atoms with Crippen molar-refractivity contribution in [1.82, 2.24) is 0 Å². The standard InChI is InChI=1S/C34H36O6/c35-34-33(39-24-29-19-11-4-12-20-29)32(38-23-28-17-9-3-10-18-28)31(37-22-27-15-7-2-8-16-27)30(40-34)25-36-21-26-13-5-1-6-14-26/h1-20,30-35H,21-25H2/t30-,31+,32-,33-,34+/m0/s1.